The molecular weight excluding hydrogens is 760 g/mol. The van der Waals surface area contributed by atoms with E-state index in [0.29, 0.717) is 62.9 Å². The predicted molar refractivity (Wildman–Crippen MR) is 210 cm³/mol. The second kappa shape index (κ2) is 33.6. The van der Waals surface area contributed by atoms with Crippen molar-refractivity contribution in [3.05, 3.63) is 59.7 Å². The van der Waals surface area contributed by atoms with Crippen molar-refractivity contribution in [2.24, 2.45) is 0 Å². The third kappa shape index (κ3) is 26.3. The number of benzene rings is 2. The fraction of sp³-hybridized carbons (Fsp3) is 0.571. The van der Waals surface area contributed by atoms with E-state index in [1.807, 2.05) is 24.3 Å². The lowest BCUT2D eigenvalue weighted by atomic mass is 10.1. The molecule has 0 radical (unpaired) electrons. The molecule has 0 aromatic heterocycles. The van der Waals surface area contributed by atoms with E-state index in [4.69, 9.17) is 28.4 Å². The Hall–Kier alpha value is -5.54. The van der Waals surface area contributed by atoms with Crippen LogP contribution in [0.15, 0.2) is 48.5 Å². The molecule has 324 valence electrons. The summed E-state index contributed by atoms with van der Waals surface area (Å²) in [6, 6.07) is 13.6. The van der Waals surface area contributed by atoms with Gasteiger partial charge in [0.05, 0.1) is 79.2 Å². The van der Waals surface area contributed by atoms with Gasteiger partial charge in [-0.2, -0.15) is 0 Å². The van der Waals surface area contributed by atoms with Gasteiger partial charge in [-0.25, -0.2) is 19.2 Å². The predicted octanol–water partition coefficient (Wildman–Crippen LogP) is 7.82. The van der Waals surface area contributed by atoms with Gasteiger partial charge in [0.2, 0.25) is 0 Å². The molecule has 2 aromatic carbocycles. The highest BCUT2D eigenvalue weighted by molar-refractivity contribution is 5.93. The molecule has 0 amide bonds. The zero-order valence-corrected chi connectivity index (χ0v) is 34.3. The first-order valence-corrected chi connectivity index (χ1v) is 19.5. The van der Waals surface area contributed by atoms with Crippen molar-refractivity contribution in [1.29, 1.82) is 0 Å². The Bertz CT molecular complexity index is 1330. The van der Waals surface area contributed by atoms with Crippen LogP contribution in [-0.4, -0.2) is 104 Å². The lowest BCUT2D eigenvalue weighted by molar-refractivity contribution is -0.141. The molecule has 16 nitrogen and oxygen atoms in total. The zero-order chi connectivity index (χ0) is 42.6. The van der Waals surface area contributed by atoms with Gasteiger partial charge in [0.15, 0.2) is 0 Å². The molecule has 0 heterocycles. The van der Waals surface area contributed by atoms with E-state index in [-0.39, 0.29) is 38.4 Å². The lowest BCUT2D eigenvalue weighted by Crippen LogP contribution is -2.10. The summed E-state index contributed by atoms with van der Waals surface area (Å²) in [5, 5.41) is 0. The minimum absolute atomic E-state index is 0.162. The van der Waals surface area contributed by atoms with Crippen molar-refractivity contribution < 1.29 is 76.1 Å². The number of methoxy groups -OCH3 is 4. The zero-order valence-electron chi connectivity index (χ0n) is 34.3. The van der Waals surface area contributed by atoms with Crippen LogP contribution >= 0.6 is 0 Å². The molecule has 2 rings (SSSR count). The molecule has 0 saturated heterocycles. The Morgan fingerprint density at radius 3 is 1.00 bits per heavy atom. The van der Waals surface area contributed by atoms with Crippen LogP contribution in [0.25, 0.3) is 0 Å². The van der Waals surface area contributed by atoms with E-state index in [1.165, 1.54) is 52.7 Å². The maximum atomic E-state index is 12.0. The second-order valence-electron chi connectivity index (χ2n) is 12.5. The molecule has 16 heteroatoms. The quantitative estimate of drug-likeness (QED) is 0.0457. The molecule has 0 spiro atoms. The first kappa shape index (κ1) is 50.5. The smallest absolute Gasteiger partial charge is 0.494 e. The number of carbonyl (C=O) groups is 6. The summed E-state index contributed by atoms with van der Waals surface area (Å²) in [4.78, 5) is 67.6. The number of esters is 4. The molecule has 0 unspecified atom stereocenters. The summed E-state index contributed by atoms with van der Waals surface area (Å²) in [5.41, 5.74) is 0.669. The van der Waals surface area contributed by atoms with E-state index in [9.17, 15) is 28.8 Å². The van der Waals surface area contributed by atoms with E-state index < -0.39 is 24.2 Å². The van der Waals surface area contributed by atoms with Gasteiger partial charge in [0, 0.05) is 12.8 Å². The van der Waals surface area contributed by atoms with Crippen LogP contribution in [0.5, 0.6) is 11.5 Å². The van der Waals surface area contributed by atoms with Gasteiger partial charge in [-0.1, -0.05) is 0 Å². The van der Waals surface area contributed by atoms with E-state index in [1.54, 1.807) is 0 Å². The highest BCUT2D eigenvalue weighted by Crippen LogP contribution is 2.19. The van der Waals surface area contributed by atoms with Crippen molar-refractivity contribution in [3.8, 4) is 11.5 Å². The van der Waals surface area contributed by atoms with E-state index in [2.05, 4.69) is 18.9 Å². The fourth-order valence-corrected chi connectivity index (χ4v) is 4.74. The van der Waals surface area contributed by atoms with Crippen LogP contribution in [-0.2, 0) is 47.5 Å². The second-order valence-corrected chi connectivity index (χ2v) is 12.5. The molecule has 2 aromatic rings. The van der Waals surface area contributed by atoms with Crippen LogP contribution in [0.2, 0.25) is 0 Å². The number of rotatable bonds is 28. The van der Waals surface area contributed by atoms with Crippen molar-refractivity contribution in [3.63, 3.8) is 0 Å². The SMILES string of the molecule is COC(=O)CCCCCOc1ccc(OCCCCCC(=O)OC)cc1.COC(=O)OCCCCCOC(=O)c1ccc(C(=O)OCCCCCOC(=O)OC)cc1. The normalized spacial score (nSPS) is 10.1. The largest absolute Gasteiger partial charge is 0.507 e. The summed E-state index contributed by atoms with van der Waals surface area (Å²) in [6.07, 6.45) is 8.83. The molecular formula is C42H60O16. The Morgan fingerprint density at radius 1 is 0.362 bits per heavy atom. The van der Waals surface area contributed by atoms with Crippen LogP contribution in [0.3, 0.4) is 0 Å². The monoisotopic (exact) mass is 820 g/mol. The minimum Gasteiger partial charge on any atom is -0.494 e. The molecule has 0 aliphatic heterocycles. The van der Waals surface area contributed by atoms with Gasteiger partial charge >= 0.3 is 36.2 Å². The van der Waals surface area contributed by atoms with E-state index >= 15 is 0 Å². The summed E-state index contributed by atoms with van der Waals surface area (Å²) in [6.45, 7) is 2.24. The Labute approximate surface area is 341 Å². The van der Waals surface area contributed by atoms with Crippen LogP contribution in [0.1, 0.15) is 111 Å². The third-order valence-electron chi connectivity index (χ3n) is 8.04. The highest BCUT2D eigenvalue weighted by Gasteiger charge is 2.11. The van der Waals surface area contributed by atoms with Gasteiger partial charge in [0.25, 0.3) is 0 Å². The van der Waals surface area contributed by atoms with Crippen LogP contribution < -0.4 is 9.47 Å². The summed E-state index contributed by atoms with van der Waals surface area (Å²) in [7, 11) is 5.30. The van der Waals surface area contributed by atoms with E-state index in [0.717, 1.165) is 62.9 Å². The lowest BCUT2D eigenvalue weighted by Gasteiger charge is -2.09. The average Bonchev–Trinajstić information content (AvgIpc) is 3.25. The number of hydrogen-bond donors (Lipinski definition) is 0. The van der Waals surface area contributed by atoms with Crippen molar-refractivity contribution >= 4 is 36.2 Å². The number of ether oxygens (including phenoxy) is 10. The summed E-state index contributed by atoms with van der Waals surface area (Å²) >= 11 is 0. The number of unbranched alkanes of at least 4 members (excludes halogenated alkanes) is 8. The van der Waals surface area contributed by atoms with Crippen LogP contribution in [0, 0.1) is 0 Å². The fourth-order valence-electron chi connectivity index (χ4n) is 4.74. The highest BCUT2D eigenvalue weighted by atomic mass is 16.7. The Balaban J connectivity index is 0.000000593. The molecule has 0 bridgehead atoms. The number of carbonyl (C=O) groups excluding carboxylic acids is 6. The van der Waals surface area contributed by atoms with Gasteiger partial charge in [-0.05, 0) is 126 Å². The molecule has 0 aliphatic carbocycles. The van der Waals surface area contributed by atoms with Crippen molar-refractivity contribution in [2.45, 2.75) is 89.9 Å². The Morgan fingerprint density at radius 2 is 0.672 bits per heavy atom. The van der Waals surface area contributed by atoms with Crippen molar-refractivity contribution in [1.82, 2.24) is 0 Å². The minimum atomic E-state index is -0.716. The summed E-state index contributed by atoms with van der Waals surface area (Å²) in [5.74, 6) is 0.330. The average molecular weight is 821 g/mol. The Kier molecular flexibility index (Phi) is 29.2. The molecule has 0 N–H and O–H groups in total. The van der Waals surface area contributed by atoms with Gasteiger partial charge in [-0.3, -0.25) is 9.59 Å². The maximum Gasteiger partial charge on any atom is 0.507 e. The first-order valence-electron chi connectivity index (χ1n) is 19.5. The molecule has 0 aliphatic rings. The van der Waals surface area contributed by atoms with Crippen LogP contribution in [0.4, 0.5) is 9.59 Å². The van der Waals surface area contributed by atoms with Crippen molar-refractivity contribution in [2.75, 3.05) is 68.1 Å². The first-order chi connectivity index (χ1) is 28.1. The van der Waals surface area contributed by atoms with Gasteiger partial charge in [0.1, 0.15) is 11.5 Å². The number of hydrogen-bond acceptors (Lipinski definition) is 16. The molecule has 0 saturated carbocycles. The molecule has 0 atom stereocenters. The topological polar surface area (TPSA) is 195 Å². The molecule has 0 fully saturated rings. The van der Waals surface area contributed by atoms with Gasteiger partial charge in [-0.15, -0.1) is 0 Å². The standard InChI is InChI=1S/C22H30O10.C20H30O6/c1-27-21(25)31-15-7-3-5-13-29-19(23)17-9-11-18(12-10-17)20(24)30-14-6-4-8-16-32-22(26)28-2;1-23-19(21)9-5-3-7-15-25-17-11-13-18(14-12-17)26-16-8-4-6-10-20(22)24-2/h9-12H,3-8,13-16H2,1-2H3;11-14H,3-10,15-16H2,1-2H3. The molecule has 58 heavy (non-hydrogen) atoms. The summed E-state index contributed by atoms with van der Waals surface area (Å²) < 4.78 is 49.1. The maximum absolute atomic E-state index is 12.0. The third-order valence-corrected chi connectivity index (χ3v) is 8.04. The van der Waals surface area contributed by atoms with Gasteiger partial charge < -0.3 is 47.4 Å².